The van der Waals surface area contributed by atoms with Crippen molar-refractivity contribution < 1.29 is 5.11 Å². The van der Waals surface area contributed by atoms with Crippen LogP contribution in [0.15, 0.2) is 0 Å². The lowest BCUT2D eigenvalue weighted by atomic mass is 9.60. The minimum absolute atomic E-state index is 0.332. The Bertz CT molecular complexity index is 410. The predicted molar refractivity (Wildman–Crippen MR) is 75.3 cm³/mol. The summed E-state index contributed by atoms with van der Waals surface area (Å²) in [5.41, 5.74) is -0.801. The van der Waals surface area contributed by atoms with Crippen molar-refractivity contribution in [3.8, 4) is 6.07 Å². The zero-order valence-corrected chi connectivity index (χ0v) is 12.4. The highest BCUT2D eigenvalue weighted by Gasteiger charge is 2.62. The molecule has 2 nitrogen and oxygen atoms in total. The molecule has 0 saturated heterocycles. The molecule has 3 aliphatic carbocycles. The molecule has 3 rings (SSSR count). The topological polar surface area (TPSA) is 44.0 Å². The van der Waals surface area contributed by atoms with Crippen LogP contribution < -0.4 is 0 Å². The van der Waals surface area contributed by atoms with Crippen molar-refractivity contribution in [1.82, 2.24) is 0 Å². The van der Waals surface area contributed by atoms with Gasteiger partial charge in [-0.25, -0.2) is 0 Å². The maximum absolute atomic E-state index is 11.3. The van der Waals surface area contributed by atoms with E-state index in [9.17, 15) is 10.4 Å². The molecule has 0 aliphatic heterocycles. The summed E-state index contributed by atoms with van der Waals surface area (Å²) in [6, 6.07) is 2.62. The Kier molecular flexibility index (Phi) is 2.98. The molecule has 3 saturated carbocycles. The fourth-order valence-corrected chi connectivity index (χ4v) is 5.24. The molecular formula is C17H27NO. The summed E-state index contributed by atoms with van der Waals surface area (Å²) in [6.07, 6.45) is 9.60. The van der Waals surface area contributed by atoms with Crippen LogP contribution >= 0.6 is 0 Å². The van der Waals surface area contributed by atoms with Crippen molar-refractivity contribution in [3.63, 3.8) is 0 Å². The highest BCUT2D eigenvalue weighted by atomic mass is 16.3. The van der Waals surface area contributed by atoms with Crippen LogP contribution in [-0.4, -0.2) is 10.7 Å². The third-order valence-electron chi connectivity index (χ3n) is 6.54. The summed E-state index contributed by atoms with van der Waals surface area (Å²) in [5, 5.41) is 21.2. The summed E-state index contributed by atoms with van der Waals surface area (Å²) in [4.78, 5) is 0. The average molecular weight is 261 g/mol. The van der Waals surface area contributed by atoms with Crippen molar-refractivity contribution in [2.75, 3.05) is 0 Å². The second-order valence-electron chi connectivity index (χ2n) is 8.21. The van der Waals surface area contributed by atoms with E-state index < -0.39 is 11.0 Å². The quantitative estimate of drug-likeness (QED) is 0.724. The number of aliphatic hydroxyl groups is 1. The summed E-state index contributed by atoms with van der Waals surface area (Å²) in [7, 11) is 0. The Morgan fingerprint density at radius 1 is 1.11 bits per heavy atom. The lowest BCUT2D eigenvalue weighted by Crippen LogP contribution is -2.50. The smallest absolute Gasteiger partial charge is 0.0890 e. The molecule has 0 amide bonds. The Morgan fingerprint density at radius 2 is 1.89 bits per heavy atom. The number of nitriles is 1. The molecule has 3 fully saturated rings. The van der Waals surface area contributed by atoms with E-state index in [0.29, 0.717) is 17.3 Å². The summed E-state index contributed by atoms with van der Waals surface area (Å²) in [5.74, 6) is 1.18. The van der Waals surface area contributed by atoms with Crippen molar-refractivity contribution >= 4 is 0 Å². The van der Waals surface area contributed by atoms with E-state index in [-0.39, 0.29) is 0 Å². The van der Waals surface area contributed by atoms with Gasteiger partial charge in [0.2, 0.25) is 0 Å². The maximum Gasteiger partial charge on any atom is 0.0890 e. The third-order valence-corrected chi connectivity index (χ3v) is 6.54. The molecular weight excluding hydrogens is 234 g/mol. The summed E-state index contributed by atoms with van der Waals surface area (Å²) < 4.78 is 0. The van der Waals surface area contributed by atoms with Crippen LogP contribution in [0.5, 0.6) is 0 Å². The largest absolute Gasteiger partial charge is 0.388 e. The molecule has 19 heavy (non-hydrogen) atoms. The highest BCUT2D eigenvalue weighted by Crippen LogP contribution is 2.63. The minimum atomic E-state index is -0.713. The van der Waals surface area contributed by atoms with Crippen LogP contribution in [-0.2, 0) is 0 Å². The van der Waals surface area contributed by atoms with Gasteiger partial charge in [-0.05, 0) is 62.2 Å². The van der Waals surface area contributed by atoms with Gasteiger partial charge in [0.1, 0.15) is 0 Å². The van der Waals surface area contributed by atoms with Crippen LogP contribution in [0.4, 0.5) is 0 Å². The predicted octanol–water partition coefficient (Wildman–Crippen LogP) is 4.04. The molecule has 0 radical (unpaired) electrons. The van der Waals surface area contributed by atoms with Crippen LogP contribution in [0.25, 0.3) is 0 Å². The lowest BCUT2D eigenvalue weighted by Gasteiger charge is -2.45. The number of hydrogen-bond acceptors (Lipinski definition) is 2. The molecule has 0 spiro atoms. The molecule has 0 aromatic rings. The first-order valence-corrected chi connectivity index (χ1v) is 8.04. The van der Waals surface area contributed by atoms with Crippen molar-refractivity contribution in [2.24, 2.45) is 22.7 Å². The van der Waals surface area contributed by atoms with Gasteiger partial charge >= 0.3 is 0 Å². The number of fused-ring (bicyclic) bond motifs is 2. The van der Waals surface area contributed by atoms with E-state index in [1.807, 2.05) is 0 Å². The number of hydrogen-bond donors (Lipinski definition) is 1. The average Bonchev–Trinajstić information content (AvgIpc) is 2.93. The minimum Gasteiger partial charge on any atom is -0.388 e. The molecule has 106 valence electrons. The summed E-state index contributed by atoms with van der Waals surface area (Å²) in [6.45, 7) is 4.61. The molecule has 0 aromatic carbocycles. The van der Waals surface area contributed by atoms with Crippen molar-refractivity contribution in [2.45, 2.75) is 77.2 Å². The van der Waals surface area contributed by atoms with Crippen LogP contribution in [0, 0.1) is 34.0 Å². The van der Waals surface area contributed by atoms with Crippen LogP contribution in [0.1, 0.15) is 71.6 Å². The van der Waals surface area contributed by atoms with Crippen LogP contribution in [0.3, 0.4) is 0 Å². The van der Waals surface area contributed by atoms with Crippen molar-refractivity contribution in [3.05, 3.63) is 0 Å². The van der Waals surface area contributed by atoms with E-state index in [2.05, 4.69) is 19.9 Å². The van der Waals surface area contributed by atoms with Gasteiger partial charge in [-0.15, -0.1) is 0 Å². The number of nitrogens with zero attached hydrogens (tertiary/aromatic N) is 1. The Balaban J connectivity index is 1.89. The molecule has 0 aromatic heterocycles. The standard InChI is InChI=1S/C17H27NO/c1-15(2)6-3-7-17(19,9-8-15)16(12-18)11-13-4-5-14(16)10-13/h13-14,19H,3-11H2,1-2H3. The van der Waals surface area contributed by atoms with E-state index >= 15 is 0 Å². The second kappa shape index (κ2) is 4.22. The van der Waals surface area contributed by atoms with Crippen molar-refractivity contribution in [1.29, 1.82) is 5.26 Å². The fraction of sp³-hybridized carbons (Fsp3) is 0.941. The SMILES string of the molecule is CC1(C)CCCC(O)(C2(C#N)CC3CCC2C3)CC1. The van der Waals surface area contributed by atoms with Gasteiger partial charge in [-0.2, -0.15) is 5.26 Å². The van der Waals surface area contributed by atoms with Gasteiger partial charge in [0, 0.05) is 0 Å². The zero-order valence-electron chi connectivity index (χ0n) is 12.4. The third kappa shape index (κ3) is 1.93. The summed E-state index contributed by atoms with van der Waals surface area (Å²) >= 11 is 0. The highest BCUT2D eigenvalue weighted by molar-refractivity contribution is 5.20. The Hall–Kier alpha value is -0.550. The van der Waals surface area contributed by atoms with E-state index in [1.54, 1.807) is 0 Å². The number of rotatable bonds is 1. The van der Waals surface area contributed by atoms with Gasteiger partial charge in [0.15, 0.2) is 0 Å². The van der Waals surface area contributed by atoms with E-state index in [1.165, 1.54) is 25.7 Å². The first-order valence-electron chi connectivity index (χ1n) is 8.04. The van der Waals surface area contributed by atoms with Gasteiger partial charge in [-0.1, -0.05) is 26.7 Å². The van der Waals surface area contributed by atoms with Crippen LogP contribution in [0.2, 0.25) is 0 Å². The van der Waals surface area contributed by atoms with Gasteiger partial charge in [0.25, 0.3) is 0 Å². The first kappa shape index (κ1) is 13.4. The zero-order chi connectivity index (χ0) is 13.7. The molecule has 4 unspecified atom stereocenters. The van der Waals surface area contributed by atoms with E-state index in [4.69, 9.17) is 0 Å². The second-order valence-corrected chi connectivity index (χ2v) is 8.21. The monoisotopic (exact) mass is 261 g/mol. The molecule has 0 heterocycles. The molecule has 2 bridgehead atoms. The van der Waals surface area contributed by atoms with Gasteiger partial charge in [0.05, 0.1) is 17.1 Å². The lowest BCUT2D eigenvalue weighted by molar-refractivity contribution is -0.0936. The maximum atomic E-state index is 11.3. The van der Waals surface area contributed by atoms with E-state index in [0.717, 1.165) is 32.1 Å². The normalized spacial score (nSPS) is 48.7. The fourth-order valence-electron chi connectivity index (χ4n) is 5.24. The molecule has 2 heteroatoms. The Morgan fingerprint density at radius 3 is 2.47 bits per heavy atom. The molecule has 3 aliphatic rings. The molecule has 4 atom stereocenters. The Labute approximate surface area is 117 Å². The van der Waals surface area contributed by atoms with Gasteiger partial charge < -0.3 is 5.11 Å². The van der Waals surface area contributed by atoms with Gasteiger partial charge in [-0.3, -0.25) is 0 Å². The molecule has 1 N–H and O–H groups in total. The first-order chi connectivity index (χ1) is 8.91.